The van der Waals surface area contributed by atoms with Crippen molar-refractivity contribution >= 4 is 22.3 Å². The molecule has 0 unspecified atom stereocenters. The first-order chi connectivity index (χ1) is 10.6. The summed E-state index contributed by atoms with van der Waals surface area (Å²) in [5.41, 5.74) is 8.22. The summed E-state index contributed by atoms with van der Waals surface area (Å²) in [5, 5.41) is 3.85. The molecule has 0 saturated carbocycles. The van der Waals surface area contributed by atoms with Crippen molar-refractivity contribution in [3.63, 3.8) is 0 Å². The Kier molecular flexibility index (Phi) is 3.70. The van der Waals surface area contributed by atoms with Crippen molar-refractivity contribution in [2.45, 2.75) is 0 Å². The van der Waals surface area contributed by atoms with E-state index in [-0.39, 0.29) is 0 Å². The molecule has 110 valence electrons. The summed E-state index contributed by atoms with van der Waals surface area (Å²) in [6.07, 6.45) is 1.50. The summed E-state index contributed by atoms with van der Waals surface area (Å²) < 4.78 is 26.0. The second-order valence-corrected chi connectivity index (χ2v) is 4.76. The normalized spacial score (nSPS) is 11.6. The SMILES string of the molecule is N/C(=C\Nc1ccc(F)c(F)c1)c1ccc2ccccc2n1. The fourth-order valence-corrected chi connectivity index (χ4v) is 2.05. The Labute approximate surface area is 126 Å². The molecule has 0 spiro atoms. The number of rotatable bonds is 3. The summed E-state index contributed by atoms with van der Waals surface area (Å²) in [7, 11) is 0. The molecule has 0 bridgehead atoms. The van der Waals surface area contributed by atoms with Crippen LogP contribution in [-0.4, -0.2) is 4.98 Å². The van der Waals surface area contributed by atoms with Gasteiger partial charge in [0.2, 0.25) is 0 Å². The molecule has 3 aromatic rings. The standard InChI is InChI=1S/C17H13F2N3/c18-13-7-6-12(9-14(13)19)21-10-15(20)17-8-5-11-3-1-2-4-16(11)22-17/h1-10,21H,20H2/b15-10-. The number of nitrogens with zero attached hydrogens (tertiary/aromatic N) is 1. The number of nitrogens with one attached hydrogen (secondary N) is 1. The average Bonchev–Trinajstić information content (AvgIpc) is 2.55. The van der Waals surface area contributed by atoms with Gasteiger partial charge in [-0.1, -0.05) is 24.3 Å². The molecule has 0 aliphatic heterocycles. The van der Waals surface area contributed by atoms with Crippen molar-refractivity contribution in [2.24, 2.45) is 5.73 Å². The van der Waals surface area contributed by atoms with Crippen molar-refractivity contribution in [2.75, 3.05) is 5.32 Å². The smallest absolute Gasteiger partial charge is 0.160 e. The molecule has 3 N–H and O–H groups in total. The number of nitrogens with two attached hydrogens (primary N) is 1. The monoisotopic (exact) mass is 297 g/mol. The van der Waals surface area contributed by atoms with Gasteiger partial charge in [0.15, 0.2) is 11.6 Å². The lowest BCUT2D eigenvalue weighted by molar-refractivity contribution is 0.509. The van der Waals surface area contributed by atoms with Gasteiger partial charge in [-0.15, -0.1) is 0 Å². The Bertz CT molecular complexity index is 859. The van der Waals surface area contributed by atoms with Gasteiger partial charge in [-0.2, -0.15) is 0 Å². The molecule has 0 fully saturated rings. The van der Waals surface area contributed by atoms with Crippen LogP contribution < -0.4 is 11.1 Å². The van der Waals surface area contributed by atoms with Gasteiger partial charge in [-0.25, -0.2) is 13.8 Å². The van der Waals surface area contributed by atoms with Gasteiger partial charge < -0.3 is 11.1 Å². The Balaban J connectivity index is 1.84. The van der Waals surface area contributed by atoms with Gasteiger partial charge in [-0.3, -0.25) is 0 Å². The second kappa shape index (κ2) is 5.81. The molecule has 3 nitrogen and oxygen atoms in total. The fraction of sp³-hybridized carbons (Fsp3) is 0. The van der Waals surface area contributed by atoms with E-state index in [1.807, 2.05) is 30.3 Å². The van der Waals surface area contributed by atoms with E-state index in [1.165, 1.54) is 12.3 Å². The highest BCUT2D eigenvalue weighted by Gasteiger charge is 2.03. The number of halogens is 2. The van der Waals surface area contributed by atoms with Crippen LogP contribution in [-0.2, 0) is 0 Å². The molecule has 1 heterocycles. The van der Waals surface area contributed by atoms with E-state index in [0.29, 0.717) is 17.1 Å². The maximum atomic E-state index is 13.1. The molecule has 22 heavy (non-hydrogen) atoms. The van der Waals surface area contributed by atoms with Crippen LogP contribution >= 0.6 is 0 Å². The largest absolute Gasteiger partial charge is 0.396 e. The minimum absolute atomic E-state index is 0.399. The number of hydrogen-bond donors (Lipinski definition) is 2. The third-order valence-electron chi connectivity index (χ3n) is 3.21. The van der Waals surface area contributed by atoms with Crippen LogP contribution in [0.25, 0.3) is 16.6 Å². The lowest BCUT2D eigenvalue weighted by atomic mass is 10.2. The summed E-state index contributed by atoms with van der Waals surface area (Å²) >= 11 is 0. The molecule has 0 aliphatic rings. The van der Waals surface area contributed by atoms with E-state index in [1.54, 1.807) is 6.07 Å². The van der Waals surface area contributed by atoms with Crippen molar-refractivity contribution in [1.29, 1.82) is 0 Å². The molecule has 3 rings (SSSR count). The molecule has 1 aromatic heterocycles. The van der Waals surface area contributed by atoms with E-state index < -0.39 is 11.6 Å². The second-order valence-electron chi connectivity index (χ2n) is 4.76. The lowest BCUT2D eigenvalue weighted by Crippen LogP contribution is -2.02. The molecule has 0 saturated heterocycles. The Morgan fingerprint density at radius 3 is 2.64 bits per heavy atom. The Morgan fingerprint density at radius 1 is 1.00 bits per heavy atom. The van der Waals surface area contributed by atoms with Crippen LogP contribution in [0.3, 0.4) is 0 Å². The van der Waals surface area contributed by atoms with Crippen LogP contribution in [0, 0.1) is 11.6 Å². The van der Waals surface area contributed by atoms with Gasteiger partial charge in [0.05, 0.1) is 16.9 Å². The predicted octanol–water partition coefficient (Wildman–Crippen LogP) is 3.88. The third kappa shape index (κ3) is 2.88. The highest BCUT2D eigenvalue weighted by atomic mass is 19.2. The van der Waals surface area contributed by atoms with Gasteiger partial charge in [-0.05, 0) is 24.3 Å². The molecule has 5 heteroatoms. The topological polar surface area (TPSA) is 50.9 Å². The van der Waals surface area contributed by atoms with Crippen LogP contribution in [0.5, 0.6) is 0 Å². The van der Waals surface area contributed by atoms with Crippen molar-refractivity contribution in [3.8, 4) is 0 Å². The number of fused-ring (bicyclic) bond motifs is 1. The Morgan fingerprint density at radius 2 is 1.82 bits per heavy atom. The highest BCUT2D eigenvalue weighted by molar-refractivity contribution is 5.80. The Hall–Kier alpha value is -2.95. The molecular weight excluding hydrogens is 284 g/mol. The molecule has 0 radical (unpaired) electrons. The average molecular weight is 297 g/mol. The number of para-hydroxylation sites is 1. The third-order valence-corrected chi connectivity index (χ3v) is 3.21. The summed E-state index contributed by atoms with van der Waals surface area (Å²) in [6.45, 7) is 0. The number of anilines is 1. The fourth-order valence-electron chi connectivity index (χ4n) is 2.05. The van der Waals surface area contributed by atoms with Gasteiger partial charge >= 0.3 is 0 Å². The molecule has 0 aliphatic carbocycles. The maximum Gasteiger partial charge on any atom is 0.160 e. The molecule has 0 amide bonds. The number of aromatic nitrogens is 1. The predicted molar refractivity (Wildman–Crippen MR) is 83.9 cm³/mol. The van der Waals surface area contributed by atoms with Gasteiger partial charge in [0.25, 0.3) is 0 Å². The zero-order valence-electron chi connectivity index (χ0n) is 11.6. The number of pyridine rings is 1. The van der Waals surface area contributed by atoms with E-state index in [9.17, 15) is 8.78 Å². The van der Waals surface area contributed by atoms with Crippen LogP contribution in [0.4, 0.5) is 14.5 Å². The highest BCUT2D eigenvalue weighted by Crippen LogP contribution is 2.16. The number of hydrogen-bond acceptors (Lipinski definition) is 3. The minimum Gasteiger partial charge on any atom is -0.396 e. The number of benzene rings is 2. The van der Waals surface area contributed by atoms with E-state index in [2.05, 4.69) is 10.3 Å². The van der Waals surface area contributed by atoms with Crippen LogP contribution in [0.1, 0.15) is 5.69 Å². The summed E-state index contributed by atoms with van der Waals surface area (Å²) in [4.78, 5) is 4.45. The van der Waals surface area contributed by atoms with E-state index in [4.69, 9.17) is 5.73 Å². The van der Waals surface area contributed by atoms with Crippen LogP contribution in [0.15, 0.2) is 60.8 Å². The molecule has 2 aromatic carbocycles. The van der Waals surface area contributed by atoms with Gasteiger partial charge in [0, 0.05) is 23.3 Å². The first-order valence-electron chi connectivity index (χ1n) is 6.67. The lowest BCUT2D eigenvalue weighted by Gasteiger charge is -2.05. The zero-order valence-corrected chi connectivity index (χ0v) is 11.6. The summed E-state index contributed by atoms with van der Waals surface area (Å²) in [6, 6.07) is 15.0. The van der Waals surface area contributed by atoms with Crippen molar-refractivity contribution in [1.82, 2.24) is 4.98 Å². The maximum absolute atomic E-state index is 13.1. The molecule has 0 atom stereocenters. The first kappa shape index (κ1) is 14.0. The quantitative estimate of drug-likeness (QED) is 0.771. The summed E-state index contributed by atoms with van der Waals surface area (Å²) in [5.74, 6) is -1.81. The van der Waals surface area contributed by atoms with E-state index in [0.717, 1.165) is 23.0 Å². The minimum atomic E-state index is -0.916. The van der Waals surface area contributed by atoms with Crippen molar-refractivity contribution < 1.29 is 8.78 Å². The van der Waals surface area contributed by atoms with Gasteiger partial charge in [0.1, 0.15) is 0 Å². The first-order valence-corrected chi connectivity index (χ1v) is 6.67. The van der Waals surface area contributed by atoms with Crippen LogP contribution in [0.2, 0.25) is 0 Å². The molecular formula is C17H13F2N3. The van der Waals surface area contributed by atoms with E-state index >= 15 is 0 Å². The van der Waals surface area contributed by atoms with Crippen molar-refractivity contribution in [3.05, 3.63) is 78.1 Å². The zero-order chi connectivity index (χ0) is 15.5.